The predicted molar refractivity (Wildman–Crippen MR) is 64.7 cm³/mol. The Kier molecular flexibility index (Phi) is 8.68. The second kappa shape index (κ2) is 9.16. The SMILES string of the molecule is COCCCN.CS(=O)c1nnc(C(=O)O)s1. The minimum atomic E-state index is -1.24. The van der Waals surface area contributed by atoms with Crippen molar-refractivity contribution in [2.45, 2.75) is 10.8 Å². The molecule has 0 saturated heterocycles. The molecule has 1 aromatic heterocycles. The first-order valence-corrected chi connectivity index (χ1v) is 6.99. The Bertz CT molecular complexity index is 337. The van der Waals surface area contributed by atoms with Crippen molar-refractivity contribution in [3.8, 4) is 0 Å². The van der Waals surface area contributed by atoms with E-state index < -0.39 is 16.8 Å². The Morgan fingerprint density at radius 3 is 2.47 bits per heavy atom. The molecule has 3 N–H and O–H groups in total. The van der Waals surface area contributed by atoms with Gasteiger partial charge >= 0.3 is 5.97 Å². The lowest BCUT2D eigenvalue weighted by Crippen LogP contribution is -2.01. The molecule has 98 valence electrons. The average molecular weight is 281 g/mol. The zero-order valence-corrected chi connectivity index (χ0v) is 11.2. The molecule has 0 saturated carbocycles. The molecule has 0 fully saturated rings. The van der Waals surface area contributed by atoms with Gasteiger partial charge in [0.15, 0.2) is 0 Å². The molecule has 0 aliphatic carbocycles. The van der Waals surface area contributed by atoms with Gasteiger partial charge < -0.3 is 15.6 Å². The molecule has 17 heavy (non-hydrogen) atoms. The topological polar surface area (TPSA) is 115 Å². The first-order valence-electron chi connectivity index (χ1n) is 4.62. The number of methoxy groups -OCH3 is 1. The number of carboxylic acid groups (broad SMARTS) is 1. The molecule has 1 heterocycles. The third-order valence-electron chi connectivity index (χ3n) is 1.39. The standard InChI is InChI=1S/C4H4N2O3S2.C4H11NO/c1-11(9)4-6-5-2(10-4)3(7)8;1-6-4-2-3-5/h1H3,(H,7,8);2-5H2,1H3. The molecule has 0 radical (unpaired) electrons. The number of ether oxygens (including phenoxy) is 1. The fourth-order valence-corrected chi connectivity index (χ4v) is 1.92. The van der Waals surface area contributed by atoms with E-state index in [1.807, 2.05) is 0 Å². The van der Waals surface area contributed by atoms with Crippen LogP contribution in [-0.2, 0) is 15.5 Å². The number of nitrogens with two attached hydrogens (primary N) is 1. The van der Waals surface area contributed by atoms with Crippen molar-refractivity contribution in [1.82, 2.24) is 10.2 Å². The minimum absolute atomic E-state index is 0.129. The van der Waals surface area contributed by atoms with Gasteiger partial charge in [-0.15, -0.1) is 10.2 Å². The summed E-state index contributed by atoms with van der Waals surface area (Å²) in [5.41, 5.74) is 5.13. The highest BCUT2D eigenvalue weighted by Gasteiger charge is 2.12. The third kappa shape index (κ3) is 7.10. The molecule has 0 amide bonds. The van der Waals surface area contributed by atoms with Crippen LogP contribution < -0.4 is 5.73 Å². The smallest absolute Gasteiger partial charge is 0.367 e. The van der Waals surface area contributed by atoms with Gasteiger partial charge in [-0.05, 0) is 13.0 Å². The maximum absolute atomic E-state index is 10.7. The molecular formula is C8H15N3O4S2. The number of rotatable bonds is 5. The molecule has 1 aromatic rings. The van der Waals surface area contributed by atoms with Crippen LogP contribution >= 0.6 is 11.3 Å². The molecule has 1 atom stereocenters. The van der Waals surface area contributed by atoms with E-state index in [-0.39, 0.29) is 9.35 Å². The summed E-state index contributed by atoms with van der Waals surface area (Å²) in [6, 6.07) is 0. The highest BCUT2D eigenvalue weighted by molar-refractivity contribution is 7.86. The number of aromatic carboxylic acids is 1. The Morgan fingerprint density at radius 1 is 1.59 bits per heavy atom. The lowest BCUT2D eigenvalue weighted by molar-refractivity contribution is 0.0695. The van der Waals surface area contributed by atoms with Crippen LogP contribution in [-0.4, -0.2) is 52.0 Å². The maximum atomic E-state index is 10.7. The van der Waals surface area contributed by atoms with E-state index >= 15 is 0 Å². The number of carboxylic acids is 1. The largest absolute Gasteiger partial charge is 0.476 e. The Labute approximate surface area is 105 Å². The summed E-state index contributed by atoms with van der Waals surface area (Å²) in [5.74, 6) is -1.14. The number of nitrogens with zero attached hydrogens (tertiary/aromatic N) is 2. The van der Waals surface area contributed by atoms with E-state index in [9.17, 15) is 9.00 Å². The first-order chi connectivity index (χ1) is 8.02. The predicted octanol–water partition coefficient (Wildman–Crippen LogP) is -0.0447. The van der Waals surface area contributed by atoms with Crippen molar-refractivity contribution in [3.05, 3.63) is 5.01 Å². The lowest BCUT2D eigenvalue weighted by Gasteiger charge is -1.89. The third-order valence-corrected chi connectivity index (χ3v) is 3.62. The Morgan fingerprint density at radius 2 is 2.24 bits per heavy atom. The van der Waals surface area contributed by atoms with Gasteiger partial charge in [0.2, 0.25) is 9.35 Å². The van der Waals surface area contributed by atoms with Gasteiger partial charge in [0.1, 0.15) is 0 Å². The van der Waals surface area contributed by atoms with Crippen LogP contribution in [0.2, 0.25) is 0 Å². The van der Waals surface area contributed by atoms with Crippen LogP contribution in [0.25, 0.3) is 0 Å². The van der Waals surface area contributed by atoms with E-state index in [2.05, 4.69) is 10.2 Å². The fraction of sp³-hybridized carbons (Fsp3) is 0.625. The summed E-state index contributed by atoms with van der Waals surface area (Å²) in [4.78, 5) is 10.2. The zero-order valence-electron chi connectivity index (χ0n) is 9.58. The van der Waals surface area contributed by atoms with Gasteiger partial charge in [-0.1, -0.05) is 11.3 Å². The Hall–Kier alpha value is -0.900. The number of hydrogen-bond donors (Lipinski definition) is 2. The summed E-state index contributed by atoms with van der Waals surface area (Å²) in [7, 11) is 0.433. The van der Waals surface area contributed by atoms with Gasteiger partial charge in [0.25, 0.3) is 0 Å². The van der Waals surface area contributed by atoms with E-state index in [4.69, 9.17) is 15.6 Å². The molecule has 0 spiro atoms. The molecular weight excluding hydrogens is 266 g/mol. The molecule has 7 nitrogen and oxygen atoms in total. The van der Waals surface area contributed by atoms with Crippen LogP contribution in [0.1, 0.15) is 16.2 Å². The lowest BCUT2D eigenvalue weighted by atomic mass is 10.5. The summed E-state index contributed by atoms with van der Waals surface area (Å²) < 4.78 is 15.6. The molecule has 0 aliphatic rings. The van der Waals surface area contributed by atoms with Crippen molar-refractivity contribution in [2.24, 2.45) is 5.73 Å². The highest BCUT2D eigenvalue weighted by Crippen LogP contribution is 2.11. The van der Waals surface area contributed by atoms with E-state index in [1.54, 1.807) is 7.11 Å². The summed E-state index contributed by atoms with van der Waals surface area (Å²) in [6.07, 6.45) is 2.39. The van der Waals surface area contributed by atoms with Gasteiger partial charge in [-0.3, -0.25) is 4.21 Å². The second-order valence-corrected chi connectivity index (χ2v) is 5.30. The molecule has 0 aromatic carbocycles. The molecule has 0 aliphatic heterocycles. The van der Waals surface area contributed by atoms with Crippen LogP contribution in [0.4, 0.5) is 0 Å². The summed E-state index contributed by atoms with van der Waals surface area (Å²) in [6.45, 7) is 1.52. The highest BCUT2D eigenvalue weighted by atomic mass is 32.2. The molecule has 9 heteroatoms. The molecule has 1 rings (SSSR count). The van der Waals surface area contributed by atoms with Crippen molar-refractivity contribution < 1.29 is 18.8 Å². The van der Waals surface area contributed by atoms with Crippen molar-refractivity contribution in [1.29, 1.82) is 0 Å². The fourth-order valence-electron chi connectivity index (χ4n) is 0.640. The van der Waals surface area contributed by atoms with Crippen molar-refractivity contribution in [3.63, 3.8) is 0 Å². The van der Waals surface area contributed by atoms with Crippen molar-refractivity contribution >= 4 is 28.1 Å². The van der Waals surface area contributed by atoms with E-state index in [1.165, 1.54) is 6.26 Å². The average Bonchev–Trinajstić information content (AvgIpc) is 2.76. The number of carbonyl (C=O) groups is 1. The summed E-state index contributed by atoms with van der Waals surface area (Å²) in [5, 5.41) is 15.0. The van der Waals surface area contributed by atoms with Crippen LogP contribution in [0, 0.1) is 0 Å². The second-order valence-electron chi connectivity index (χ2n) is 2.77. The Balaban J connectivity index is 0.000000366. The van der Waals surface area contributed by atoms with Gasteiger partial charge in [0.05, 0.1) is 10.8 Å². The van der Waals surface area contributed by atoms with Gasteiger partial charge in [-0.2, -0.15) is 0 Å². The van der Waals surface area contributed by atoms with Crippen LogP contribution in [0.15, 0.2) is 4.34 Å². The van der Waals surface area contributed by atoms with Crippen LogP contribution in [0.3, 0.4) is 0 Å². The molecule has 1 unspecified atom stereocenters. The van der Waals surface area contributed by atoms with E-state index in [0.29, 0.717) is 0 Å². The van der Waals surface area contributed by atoms with Gasteiger partial charge in [0, 0.05) is 20.0 Å². The number of aromatic nitrogens is 2. The first kappa shape index (κ1) is 16.1. The van der Waals surface area contributed by atoms with Crippen LogP contribution in [0.5, 0.6) is 0 Å². The van der Waals surface area contributed by atoms with Crippen molar-refractivity contribution in [2.75, 3.05) is 26.5 Å². The summed E-state index contributed by atoms with van der Waals surface area (Å²) >= 11 is 0.827. The number of hydrogen-bond acceptors (Lipinski definition) is 7. The zero-order chi connectivity index (χ0) is 13.3. The van der Waals surface area contributed by atoms with Gasteiger partial charge in [-0.25, -0.2) is 4.79 Å². The molecule has 0 bridgehead atoms. The monoisotopic (exact) mass is 281 g/mol. The van der Waals surface area contributed by atoms with E-state index in [0.717, 1.165) is 30.9 Å². The quantitative estimate of drug-likeness (QED) is 0.727. The minimum Gasteiger partial charge on any atom is -0.476 e. The maximum Gasteiger partial charge on any atom is 0.367 e. The normalized spacial score (nSPS) is 11.5.